The number of benzene rings is 1. The number of hydrogen-bond donors (Lipinski definition) is 1. The second kappa shape index (κ2) is 11.2. The van der Waals surface area contributed by atoms with Gasteiger partial charge in [-0.3, -0.25) is 9.48 Å². The highest BCUT2D eigenvalue weighted by molar-refractivity contribution is 7.90. The summed E-state index contributed by atoms with van der Waals surface area (Å²) in [6.45, 7) is 15.2. The van der Waals surface area contributed by atoms with Crippen LogP contribution in [0.25, 0.3) is 16.0 Å². The number of rotatable bonds is 9. The summed E-state index contributed by atoms with van der Waals surface area (Å²) in [7, 11) is -0.496. The van der Waals surface area contributed by atoms with Gasteiger partial charge in [-0.05, 0) is 80.4 Å². The largest absolute Gasteiger partial charge is 0.361 e. The molecule has 37 heavy (non-hydrogen) atoms. The average Bonchev–Trinajstić information content (AvgIpc) is 3.29. The zero-order valence-corrected chi connectivity index (χ0v) is 22.6. The maximum absolute atomic E-state index is 14.6. The average molecular weight is 527 g/mol. The number of sulfonamides is 1. The molecule has 0 aliphatic rings. The molecular formula is C26H31FN6O3S. The molecule has 0 saturated heterocycles. The Hall–Kier alpha value is -3.62. The minimum Gasteiger partial charge on any atom is -0.361 e. The molecular weight excluding hydrogens is 495 g/mol. The number of hydrogen-bond acceptors (Lipinski definition) is 6. The van der Waals surface area contributed by atoms with Crippen molar-refractivity contribution < 1.29 is 17.6 Å². The molecule has 1 atom stereocenters. The van der Waals surface area contributed by atoms with Gasteiger partial charge < -0.3 is 9.74 Å². The number of nitrogens with zero attached hydrogens (tertiary/aromatic N) is 5. The lowest BCUT2D eigenvalue weighted by Gasteiger charge is -2.20. The summed E-state index contributed by atoms with van der Waals surface area (Å²) in [6.07, 6.45) is 1.13. The summed E-state index contributed by atoms with van der Waals surface area (Å²) in [5.74, 6) is -1.29. The third kappa shape index (κ3) is 6.21. The summed E-state index contributed by atoms with van der Waals surface area (Å²) in [5, 5.41) is 3.96. The molecule has 3 rings (SSSR count). The van der Waals surface area contributed by atoms with E-state index in [0.717, 1.165) is 0 Å². The second-order valence-electron chi connectivity index (χ2n) is 9.26. The molecule has 1 amide bonds. The maximum atomic E-state index is 14.6. The van der Waals surface area contributed by atoms with Crippen LogP contribution in [0.1, 0.15) is 56.5 Å². The van der Waals surface area contributed by atoms with Crippen molar-refractivity contribution in [1.82, 2.24) is 24.4 Å². The van der Waals surface area contributed by atoms with Gasteiger partial charge in [-0.2, -0.15) is 13.5 Å². The lowest BCUT2D eigenvalue weighted by atomic mass is 9.88. The Kier molecular flexibility index (Phi) is 8.46. The predicted octanol–water partition coefficient (Wildman–Crippen LogP) is 4.45. The van der Waals surface area contributed by atoms with Gasteiger partial charge in [0.1, 0.15) is 12.0 Å². The van der Waals surface area contributed by atoms with Gasteiger partial charge in [0.15, 0.2) is 5.03 Å². The van der Waals surface area contributed by atoms with Crippen LogP contribution in [0.3, 0.4) is 0 Å². The SMILES string of the molecule is [C-]#[N+]c1cc(-c2cc(F)cc(C(C)C)c2CC(=O)NS(=O)(=O)c2cc(C(C)N(C)C)n(CC)n2)ccn1. The molecule has 1 N–H and O–H groups in total. The van der Waals surface area contributed by atoms with Gasteiger partial charge in [0.25, 0.3) is 15.8 Å². The fourth-order valence-corrected chi connectivity index (χ4v) is 5.02. The molecule has 0 radical (unpaired) electrons. The number of carbonyl (C=O) groups excluding carboxylic acids is 1. The van der Waals surface area contributed by atoms with Crippen LogP contribution >= 0.6 is 0 Å². The quantitative estimate of drug-likeness (QED) is 0.414. The van der Waals surface area contributed by atoms with E-state index in [-0.39, 0.29) is 29.2 Å². The molecule has 1 unspecified atom stereocenters. The summed E-state index contributed by atoms with van der Waals surface area (Å²) >= 11 is 0. The van der Waals surface area contributed by atoms with Gasteiger partial charge in [0.2, 0.25) is 5.91 Å². The van der Waals surface area contributed by atoms with Crippen LogP contribution in [-0.4, -0.2) is 48.1 Å². The zero-order valence-electron chi connectivity index (χ0n) is 21.8. The maximum Gasteiger partial charge on any atom is 0.283 e. The van der Waals surface area contributed by atoms with E-state index < -0.39 is 21.7 Å². The van der Waals surface area contributed by atoms with Crippen molar-refractivity contribution >= 4 is 21.7 Å². The Morgan fingerprint density at radius 2 is 1.92 bits per heavy atom. The molecule has 196 valence electrons. The van der Waals surface area contributed by atoms with Crippen LogP contribution < -0.4 is 4.72 Å². The van der Waals surface area contributed by atoms with Crippen LogP contribution in [0.2, 0.25) is 0 Å². The highest BCUT2D eigenvalue weighted by Crippen LogP contribution is 2.33. The summed E-state index contributed by atoms with van der Waals surface area (Å²) in [5.41, 5.74) is 2.67. The van der Waals surface area contributed by atoms with Crippen molar-refractivity contribution in [2.24, 2.45) is 0 Å². The number of halogens is 1. The van der Waals surface area contributed by atoms with E-state index >= 15 is 0 Å². The lowest BCUT2D eigenvalue weighted by Crippen LogP contribution is -2.32. The predicted molar refractivity (Wildman–Crippen MR) is 139 cm³/mol. The second-order valence-corrected chi connectivity index (χ2v) is 10.9. The first-order chi connectivity index (χ1) is 17.4. The van der Waals surface area contributed by atoms with E-state index in [4.69, 9.17) is 6.57 Å². The molecule has 0 bridgehead atoms. The Labute approximate surface area is 217 Å². The van der Waals surface area contributed by atoms with E-state index in [9.17, 15) is 17.6 Å². The van der Waals surface area contributed by atoms with Crippen LogP contribution in [0.4, 0.5) is 10.2 Å². The van der Waals surface area contributed by atoms with E-state index in [1.807, 2.05) is 46.7 Å². The molecule has 2 heterocycles. The first-order valence-corrected chi connectivity index (χ1v) is 13.3. The fourth-order valence-electron chi connectivity index (χ4n) is 4.07. The van der Waals surface area contributed by atoms with E-state index in [0.29, 0.717) is 34.5 Å². The van der Waals surface area contributed by atoms with E-state index in [2.05, 4.69) is 19.6 Å². The van der Waals surface area contributed by atoms with Gasteiger partial charge in [0, 0.05) is 18.7 Å². The molecule has 3 aromatic rings. The third-order valence-electron chi connectivity index (χ3n) is 6.19. The highest BCUT2D eigenvalue weighted by atomic mass is 32.2. The lowest BCUT2D eigenvalue weighted by molar-refractivity contribution is -0.118. The fraction of sp³-hybridized carbons (Fsp3) is 0.385. The summed E-state index contributed by atoms with van der Waals surface area (Å²) < 4.78 is 44.5. The first-order valence-electron chi connectivity index (χ1n) is 11.8. The standard InChI is InChI=1S/C26H31FN6O3S/c1-8-33-23(17(4)32(6)7)15-26(30-33)37(35,36)31-25(34)14-22-20(16(2)3)12-19(27)13-21(22)18-9-10-29-24(11-18)28-5/h9-13,15-17H,8,14H2,1-4,6-7H3,(H,31,34). The zero-order chi connectivity index (χ0) is 27.5. The minimum absolute atomic E-state index is 0.0943. The molecule has 0 saturated carbocycles. The number of pyridine rings is 1. The van der Waals surface area contributed by atoms with Crippen molar-refractivity contribution in [3.05, 3.63) is 70.6 Å². The Morgan fingerprint density at radius 3 is 2.51 bits per heavy atom. The van der Waals surface area contributed by atoms with Crippen LogP contribution in [0.5, 0.6) is 0 Å². The molecule has 9 nitrogen and oxygen atoms in total. The summed E-state index contributed by atoms with van der Waals surface area (Å²) in [6, 6.07) is 7.13. The monoisotopic (exact) mass is 526 g/mol. The Balaban J connectivity index is 1.99. The number of nitrogens with one attached hydrogen (secondary N) is 1. The molecule has 0 spiro atoms. The van der Waals surface area contributed by atoms with Gasteiger partial charge in [-0.15, -0.1) is 4.98 Å². The minimum atomic E-state index is -4.25. The van der Waals surface area contributed by atoms with Crippen molar-refractivity contribution in [2.75, 3.05) is 14.1 Å². The van der Waals surface area contributed by atoms with Crippen LogP contribution in [0, 0.1) is 12.4 Å². The highest BCUT2D eigenvalue weighted by Gasteiger charge is 2.26. The van der Waals surface area contributed by atoms with Crippen molar-refractivity contribution in [3.63, 3.8) is 0 Å². The molecule has 1 aromatic carbocycles. The van der Waals surface area contributed by atoms with Crippen molar-refractivity contribution in [3.8, 4) is 11.1 Å². The molecule has 2 aromatic heterocycles. The van der Waals surface area contributed by atoms with Gasteiger partial charge >= 0.3 is 0 Å². The third-order valence-corrected chi connectivity index (χ3v) is 7.44. The first kappa shape index (κ1) is 28.0. The number of aromatic nitrogens is 3. The van der Waals surface area contributed by atoms with Crippen LogP contribution in [-0.2, 0) is 27.8 Å². The van der Waals surface area contributed by atoms with E-state index in [1.165, 1.54) is 30.5 Å². The van der Waals surface area contributed by atoms with E-state index in [1.54, 1.807) is 10.7 Å². The van der Waals surface area contributed by atoms with Gasteiger partial charge in [-0.1, -0.05) is 20.4 Å². The normalized spacial score (nSPS) is 12.5. The molecule has 11 heteroatoms. The van der Waals surface area contributed by atoms with Crippen LogP contribution in [0.15, 0.2) is 41.6 Å². The number of aryl methyl sites for hydroxylation is 1. The Bertz CT molecular complexity index is 1460. The smallest absolute Gasteiger partial charge is 0.283 e. The van der Waals surface area contributed by atoms with Gasteiger partial charge in [-0.25, -0.2) is 9.11 Å². The van der Waals surface area contributed by atoms with Gasteiger partial charge in [0.05, 0.1) is 12.1 Å². The topological polar surface area (TPSA) is 102 Å². The molecule has 0 aliphatic carbocycles. The van der Waals surface area contributed by atoms with Crippen molar-refractivity contribution in [2.45, 2.75) is 57.6 Å². The molecule has 0 fully saturated rings. The number of carbonyl (C=O) groups is 1. The summed E-state index contributed by atoms with van der Waals surface area (Å²) in [4.78, 5) is 22.3. The molecule has 0 aliphatic heterocycles. The number of amides is 1. The Morgan fingerprint density at radius 1 is 1.22 bits per heavy atom. The van der Waals surface area contributed by atoms with Crippen molar-refractivity contribution in [1.29, 1.82) is 0 Å².